The summed E-state index contributed by atoms with van der Waals surface area (Å²) in [6.45, 7) is 1.98. The first-order chi connectivity index (χ1) is 9.90. The van der Waals surface area contributed by atoms with Crippen LogP contribution in [0.25, 0.3) is 0 Å². The first-order valence-electron chi connectivity index (χ1n) is 6.24. The molecule has 2 aromatic rings. The van der Waals surface area contributed by atoms with Crippen LogP contribution in [0.15, 0.2) is 41.6 Å². The van der Waals surface area contributed by atoms with Gasteiger partial charge in [-0.3, -0.25) is 4.98 Å². The maximum Gasteiger partial charge on any atom is 0.243 e. The number of benzene rings is 1. The topological polar surface area (TPSA) is 59.1 Å². The second-order valence-corrected chi connectivity index (χ2v) is 6.67. The van der Waals surface area contributed by atoms with Crippen molar-refractivity contribution in [3.05, 3.63) is 58.6 Å². The molecule has 0 unspecified atom stereocenters. The van der Waals surface area contributed by atoms with Crippen LogP contribution in [0.4, 0.5) is 4.39 Å². The van der Waals surface area contributed by atoms with Crippen LogP contribution in [-0.4, -0.2) is 19.9 Å². The van der Waals surface area contributed by atoms with E-state index in [-0.39, 0.29) is 22.3 Å². The van der Waals surface area contributed by atoms with Crippen molar-refractivity contribution in [3.8, 4) is 0 Å². The fourth-order valence-electron chi connectivity index (χ4n) is 1.90. The molecule has 0 fully saturated rings. The summed E-state index contributed by atoms with van der Waals surface area (Å²) in [6, 6.07) is 5.84. The van der Waals surface area contributed by atoms with E-state index in [0.29, 0.717) is 6.42 Å². The molecule has 0 aliphatic heterocycles. The molecule has 0 aliphatic rings. The van der Waals surface area contributed by atoms with Crippen LogP contribution in [0.1, 0.15) is 11.1 Å². The third-order valence-corrected chi connectivity index (χ3v) is 4.94. The molecule has 0 saturated carbocycles. The van der Waals surface area contributed by atoms with Crippen molar-refractivity contribution in [1.29, 1.82) is 0 Å². The van der Waals surface area contributed by atoms with Gasteiger partial charge in [0.25, 0.3) is 0 Å². The van der Waals surface area contributed by atoms with Gasteiger partial charge in [0, 0.05) is 18.9 Å². The fraction of sp³-hybridized carbons (Fsp3) is 0.214. The normalized spacial score (nSPS) is 11.6. The second-order valence-electron chi connectivity index (χ2n) is 4.52. The highest BCUT2D eigenvalue weighted by Gasteiger charge is 2.17. The minimum atomic E-state index is -3.70. The van der Waals surface area contributed by atoms with Crippen molar-refractivity contribution >= 4 is 21.6 Å². The smallest absolute Gasteiger partial charge is 0.243 e. The van der Waals surface area contributed by atoms with Crippen molar-refractivity contribution in [3.63, 3.8) is 0 Å². The van der Waals surface area contributed by atoms with E-state index in [1.165, 1.54) is 30.6 Å². The summed E-state index contributed by atoms with van der Waals surface area (Å²) in [5.74, 6) is -0.307. The van der Waals surface area contributed by atoms with Crippen LogP contribution in [0.2, 0.25) is 5.02 Å². The van der Waals surface area contributed by atoms with E-state index in [9.17, 15) is 12.8 Å². The lowest BCUT2D eigenvalue weighted by atomic mass is 10.1. The molecule has 1 aromatic carbocycles. The van der Waals surface area contributed by atoms with Crippen molar-refractivity contribution in [2.45, 2.75) is 18.2 Å². The van der Waals surface area contributed by atoms with Crippen LogP contribution >= 0.6 is 11.6 Å². The highest BCUT2D eigenvalue weighted by molar-refractivity contribution is 7.89. The lowest BCUT2D eigenvalue weighted by molar-refractivity contribution is 0.581. The summed E-state index contributed by atoms with van der Waals surface area (Å²) < 4.78 is 39.6. The van der Waals surface area contributed by atoms with E-state index >= 15 is 0 Å². The number of aromatic nitrogens is 1. The number of hydrogen-bond acceptors (Lipinski definition) is 3. The predicted molar refractivity (Wildman–Crippen MR) is 79.3 cm³/mol. The third kappa shape index (κ3) is 4.00. The van der Waals surface area contributed by atoms with E-state index < -0.39 is 10.0 Å². The number of nitrogens with zero attached hydrogens (tertiary/aromatic N) is 1. The minimum absolute atomic E-state index is 0.0532. The predicted octanol–water partition coefficient (Wildman–Crippen LogP) is 2.70. The number of hydrogen-bond donors (Lipinski definition) is 1. The highest BCUT2D eigenvalue weighted by Crippen LogP contribution is 2.19. The summed E-state index contributed by atoms with van der Waals surface area (Å²) in [7, 11) is -3.70. The number of halogens is 2. The van der Waals surface area contributed by atoms with Gasteiger partial charge in [-0.1, -0.05) is 17.7 Å². The lowest BCUT2D eigenvalue weighted by Gasteiger charge is -2.09. The summed E-state index contributed by atoms with van der Waals surface area (Å²) in [6.07, 6.45) is 3.08. The molecule has 2 rings (SSSR count). The molecule has 21 heavy (non-hydrogen) atoms. The van der Waals surface area contributed by atoms with Crippen molar-refractivity contribution in [2.24, 2.45) is 0 Å². The number of rotatable bonds is 5. The molecule has 4 nitrogen and oxygen atoms in total. The van der Waals surface area contributed by atoms with Crippen LogP contribution in [0, 0.1) is 12.7 Å². The van der Waals surface area contributed by atoms with Gasteiger partial charge in [-0.15, -0.1) is 0 Å². The molecule has 0 atom stereocenters. The molecule has 0 aliphatic carbocycles. The van der Waals surface area contributed by atoms with E-state index in [4.69, 9.17) is 11.6 Å². The molecule has 0 saturated heterocycles. The fourth-order valence-corrected chi connectivity index (χ4v) is 3.36. The average Bonchev–Trinajstić information content (AvgIpc) is 2.41. The van der Waals surface area contributed by atoms with Crippen molar-refractivity contribution in [2.75, 3.05) is 6.54 Å². The second kappa shape index (κ2) is 6.51. The molecule has 1 heterocycles. The number of pyridine rings is 1. The largest absolute Gasteiger partial charge is 0.263 e. The Kier molecular flexibility index (Phi) is 4.92. The Morgan fingerprint density at radius 1 is 1.33 bits per heavy atom. The van der Waals surface area contributed by atoms with Gasteiger partial charge in [-0.2, -0.15) is 0 Å². The average molecular weight is 329 g/mol. The number of sulfonamides is 1. The molecule has 1 N–H and O–H groups in total. The molecule has 0 amide bonds. The Hall–Kier alpha value is -1.50. The Labute approximate surface area is 128 Å². The first-order valence-corrected chi connectivity index (χ1v) is 8.10. The quantitative estimate of drug-likeness (QED) is 0.918. The Morgan fingerprint density at radius 2 is 2.10 bits per heavy atom. The van der Waals surface area contributed by atoms with Gasteiger partial charge in [0.05, 0.1) is 5.02 Å². The molecule has 0 spiro atoms. The number of nitrogens with one attached hydrogen (secondary N) is 1. The third-order valence-electron chi connectivity index (χ3n) is 3.01. The molecular formula is C14H14ClFN2O2S. The van der Waals surface area contributed by atoms with Gasteiger partial charge in [0.15, 0.2) is 0 Å². The summed E-state index contributed by atoms with van der Waals surface area (Å²) >= 11 is 5.85. The van der Waals surface area contributed by atoms with Gasteiger partial charge in [0.1, 0.15) is 10.7 Å². The lowest BCUT2D eigenvalue weighted by Crippen LogP contribution is -2.26. The highest BCUT2D eigenvalue weighted by atomic mass is 35.5. The SMILES string of the molecule is Cc1cc(F)ccc1CCNS(=O)(=O)c1cnccc1Cl. The maximum atomic E-state index is 13.0. The monoisotopic (exact) mass is 328 g/mol. The Morgan fingerprint density at radius 3 is 2.76 bits per heavy atom. The Balaban J connectivity index is 2.04. The summed E-state index contributed by atoms with van der Waals surface area (Å²) in [5, 5.41) is 0.121. The van der Waals surface area contributed by atoms with E-state index in [1.54, 1.807) is 13.0 Å². The van der Waals surface area contributed by atoms with Gasteiger partial charge < -0.3 is 0 Å². The first kappa shape index (κ1) is 15.9. The number of aryl methyl sites for hydroxylation is 1. The molecule has 1 aromatic heterocycles. The van der Waals surface area contributed by atoms with Crippen molar-refractivity contribution < 1.29 is 12.8 Å². The molecule has 112 valence electrons. The maximum absolute atomic E-state index is 13.0. The van der Waals surface area contributed by atoms with Gasteiger partial charge >= 0.3 is 0 Å². The minimum Gasteiger partial charge on any atom is -0.263 e. The zero-order chi connectivity index (χ0) is 15.5. The van der Waals surface area contributed by atoms with E-state index in [2.05, 4.69) is 9.71 Å². The van der Waals surface area contributed by atoms with Gasteiger partial charge in [-0.05, 0) is 42.7 Å². The van der Waals surface area contributed by atoms with Crippen LogP contribution in [0.3, 0.4) is 0 Å². The molecule has 0 bridgehead atoms. The van der Waals surface area contributed by atoms with Crippen LogP contribution in [0.5, 0.6) is 0 Å². The molecule has 0 radical (unpaired) electrons. The van der Waals surface area contributed by atoms with Gasteiger partial charge in [-0.25, -0.2) is 17.5 Å². The standard InChI is InChI=1S/C14H14ClFN2O2S/c1-10-8-12(16)3-2-11(10)4-7-18-21(19,20)14-9-17-6-5-13(14)15/h2-3,5-6,8-9,18H,4,7H2,1H3. The van der Waals surface area contributed by atoms with E-state index in [1.807, 2.05) is 0 Å². The summed E-state index contributed by atoms with van der Waals surface area (Å²) in [5.41, 5.74) is 1.67. The molecular weight excluding hydrogens is 315 g/mol. The zero-order valence-corrected chi connectivity index (χ0v) is 12.9. The van der Waals surface area contributed by atoms with Crippen LogP contribution < -0.4 is 4.72 Å². The van der Waals surface area contributed by atoms with E-state index in [0.717, 1.165) is 11.1 Å². The van der Waals surface area contributed by atoms with Crippen molar-refractivity contribution in [1.82, 2.24) is 9.71 Å². The van der Waals surface area contributed by atoms with Crippen LogP contribution in [-0.2, 0) is 16.4 Å². The van der Waals surface area contributed by atoms with Gasteiger partial charge in [0.2, 0.25) is 10.0 Å². The molecule has 7 heteroatoms. The summed E-state index contributed by atoms with van der Waals surface area (Å²) in [4.78, 5) is 3.70. The zero-order valence-electron chi connectivity index (χ0n) is 11.3. The Bertz CT molecular complexity index is 750.